The predicted molar refractivity (Wildman–Crippen MR) is 58.0 cm³/mol. The van der Waals surface area contributed by atoms with Gasteiger partial charge in [-0.05, 0) is 26.2 Å². The fourth-order valence-corrected chi connectivity index (χ4v) is 1.36. The minimum Gasteiger partial charge on any atom is -0.480 e. The highest BCUT2D eigenvalue weighted by Gasteiger charge is 2.47. The van der Waals surface area contributed by atoms with E-state index in [2.05, 4.69) is 0 Å². The second-order valence-corrected chi connectivity index (χ2v) is 3.91. The minimum atomic E-state index is -1.51. The molecule has 0 heterocycles. The van der Waals surface area contributed by atoms with Crippen molar-refractivity contribution in [1.82, 2.24) is 0 Å². The lowest BCUT2D eigenvalue weighted by molar-refractivity contribution is -0.171. The summed E-state index contributed by atoms with van der Waals surface area (Å²) in [6, 6.07) is 0. The van der Waals surface area contributed by atoms with Gasteiger partial charge in [0.05, 0.1) is 6.61 Å². The first-order valence-corrected chi connectivity index (χ1v) is 5.30. The van der Waals surface area contributed by atoms with Crippen LogP contribution in [0.25, 0.3) is 0 Å². The molecule has 16 heavy (non-hydrogen) atoms. The molecule has 0 bridgehead atoms. The summed E-state index contributed by atoms with van der Waals surface area (Å²) in [6.07, 6.45) is 0.498. The van der Waals surface area contributed by atoms with E-state index < -0.39 is 17.4 Å². The number of methoxy groups -OCH3 is 1. The molecule has 0 radical (unpaired) electrons. The van der Waals surface area contributed by atoms with Gasteiger partial charge >= 0.3 is 11.9 Å². The van der Waals surface area contributed by atoms with Gasteiger partial charge < -0.3 is 14.6 Å². The molecule has 94 valence electrons. The fraction of sp³-hybridized carbons (Fsp3) is 0.818. The van der Waals surface area contributed by atoms with Crippen molar-refractivity contribution in [3.63, 3.8) is 0 Å². The molecule has 2 atom stereocenters. The van der Waals surface area contributed by atoms with Crippen LogP contribution in [0.2, 0.25) is 0 Å². The summed E-state index contributed by atoms with van der Waals surface area (Å²) in [5.41, 5.74) is -1.51. The van der Waals surface area contributed by atoms with Crippen LogP contribution in [0.1, 0.15) is 27.2 Å². The Kier molecular flexibility index (Phi) is 6.03. The highest BCUT2D eigenvalue weighted by atomic mass is 16.5. The lowest BCUT2D eigenvalue weighted by Gasteiger charge is -2.28. The SMILES string of the molecule is CCOC(=O)C(C)(C(=O)O)C(C)CCOC. The second kappa shape index (κ2) is 6.48. The Hall–Kier alpha value is -1.10. The molecule has 0 rings (SSSR count). The zero-order valence-electron chi connectivity index (χ0n) is 10.3. The van der Waals surface area contributed by atoms with E-state index in [-0.39, 0.29) is 12.5 Å². The largest absolute Gasteiger partial charge is 0.480 e. The molecular weight excluding hydrogens is 212 g/mol. The molecule has 5 heteroatoms. The molecule has 0 amide bonds. The molecule has 0 aromatic carbocycles. The van der Waals surface area contributed by atoms with E-state index >= 15 is 0 Å². The topological polar surface area (TPSA) is 72.8 Å². The van der Waals surface area contributed by atoms with Crippen LogP contribution in [0.5, 0.6) is 0 Å². The van der Waals surface area contributed by atoms with Gasteiger partial charge in [-0.15, -0.1) is 0 Å². The van der Waals surface area contributed by atoms with Crippen LogP contribution in [0.15, 0.2) is 0 Å². The van der Waals surface area contributed by atoms with Crippen molar-refractivity contribution in [3.8, 4) is 0 Å². The summed E-state index contributed by atoms with van der Waals surface area (Å²) in [4.78, 5) is 22.9. The van der Waals surface area contributed by atoms with E-state index in [1.165, 1.54) is 14.0 Å². The quantitative estimate of drug-likeness (QED) is 0.529. The Labute approximate surface area is 95.7 Å². The van der Waals surface area contributed by atoms with Crippen molar-refractivity contribution in [2.75, 3.05) is 20.3 Å². The molecule has 0 spiro atoms. The maximum atomic E-state index is 11.7. The number of aliphatic carboxylic acids is 1. The third-order valence-electron chi connectivity index (χ3n) is 2.88. The van der Waals surface area contributed by atoms with Crippen LogP contribution in [-0.4, -0.2) is 37.4 Å². The Morgan fingerprint density at radius 1 is 1.44 bits per heavy atom. The number of carboxylic acids is 1. The molecule has 0 aliphatic heterocycles. The molecule has 0 aromatic rings. The van der Waals surface area contributed by atoms with Crippen LogP contribution in [-0.2, 0) is 19.1 Å². The Morgan fingerprint density at radius 2 is 2.00 bits per heavy atom. The number of esters is 1. The predicted octanol–water partition coefficient (Wildman–Crippen LogP) is 1.31. The average molecular weight is 232 g/mol. The van der Waals surface area contributed by atoms with Crippen molar-refractivity contribution in [2.24, 2.45) is 11.3 Å². The smallest absolute Gasteiger partial charge is 0.323 e. The van der Waals surface area contributed by atoms with Crippen LogP contribution >= 0.6 is 0 Å². The lowest BCUT2D eigenvalue weighted by atomic mass is 9.76. The fourth-order valence-electron chi connectivity index (χ4n) is 1.36. The second-order valence-electron chi connectivity index (χ2n) is 3.91. The highest BCUT2D eigenvalue weighted by molar-refractivity contribution is 5.99. The first kappa shape index (κ1) is 14.9. The molecule has 1 N–H and O–H groups in total. The standard InChI is InChI=1S/C11H20O5/c1-5-16-10(14)11(3,9(12)13)8(2)6-7-15-4/h8H,5-7H2,1-4H3,(H,12,13). The molecule has 0 fully saturated rings. The summed E-state index contributed by atoms with van der Waals surface area (Å²) in [7, 11) is 1.54. The van der Waals surface area contributed by atoms with Gasteiger partial charge in [0.1, 0.15) is 0 Å². The Morgan fingerprint density at radius 3 is 2.38 bits per heavy atom. The molecule has 0 aromatic heterocycles. The molecule has 0 aliphatic carbocycles. The van der Waals surface area contributed by atoms with Gasteiger partial charge in [0.15, 0.2) is 5.41 Å². The van der Waals surface area contributed by atoms with Crippen LogP contribution in [0.3, 0.4) is 0 Å². The van der Waals surface area contributed by atoms with E-state index in [4.69, 9.17) is 14.6 Å². The molecule has 0 saturated heterocycles. The molecule has 0 aliphatic rings. The lowest BCUT2D eigenvalue weighted by Crippen LogP contribution is -2.43. The van der Waals surface area contributed by atoms with Crippen molar-refractivity contribution in [1.29, 1.82) is 0 Å². The van der Waals surface area contributed by atoms with Gasteiger partial charge in [-0.2, -0.15) is 0 Å². The normalized spacial score (nSPS) is 16.2. The number of carbonyl (C=O) groups excluding carboxylic acids is 1. The van der Waals surface area contributed by atoms with Crippen LogP contribution in [0.4, 0.5) is 0 Å². The van der Waals surface area contributed by atoms with Crippen LogP contribution < -0.4 is 0 Å². The molecule has 2 unspecified atom stereocenters. The van der Waals surface area contributed by atoms with Gasteiger partial charge in [-0.1, -0.05) is 6.92 Å². The number of hydrogen-bond donors (Lipinski definition) is 1. The zero-order chi connectivity index (χ0) is 12.8. The van der Waals surface area contributed by atoms with Gasteiger partial charge in [0, 0.05) is 13.7 Å². The van der Waals surface area contributed by atoms with Gasteiger partial charge in [0.25, 0.3) is 0 Å². The molecular formula is C11H20O5. The third kappa shape index (κ3) is 3.20. The number of carboxylic acid groups (broad SMARTS) is 1. The maximum Gasteiger partial charge on any atom is 0.323 e. The first-order chi connectivity index (χ1) is 7.41. The van der Waals surface area contributed by atoms with Crippen molar-refractivity contribution >= 4 is 11.9 Å². The van der Waals surface area contributed by atoms with E-state index in [1.807, 2.05) is 0 Å². The van der Waals surface area contributed by atoms with E-state index in [0.29, 0.717) is 13.0 Å². The maximum absolute atomic E-state index is 11.7. The first-order valence-electron chi connectivity index (χ1n) is 5.30. The van der Waals surface area contributed by atoms with Crippen molar-refractivity contribution in [3.05, 3.63) is 0 Å². The van der Waals surface area contributed by atoms with E-state index in [9.17, 15) is 9.59 Å². The Bertz CT molecular complexity index is 251. The summed E-state index contributed by atoms with van der Waals surface area (Å²) in [5, 5.41) is 9.16. The van der Waals surface area contributed by atoms with Gasteiger partial charge in [0.2, 0.25) is 0 Å². The molecule has 0 saturated carbocycles. The number of carbonyl (C=O) groups is 2. The summed E-state index contributed by atoms with van der Waals surface area (Å²) in [6.45, 7) is 5.36. The summed E-state index contributed by atoms with van der Waals surface area (Å²) < 4.78 is 9.69. The van der Waals surface area contributed by atoms with Gasteiger partial charge in [-0.3, -0.25) is 9.59 Å². The Balaban J connectivity index is 4.80. The zero-order valence-corrected chi connectivity index (χ0v) is 10.3. The van der Waals surface area contributed by atoms with Crippen molar-refractivity contribution < 1.29 is 24.2 Å². The van der Waals surface area contributed by atoms with E-state index in [1.54, 1.807) is 13.8 Å². The number of rotatable bonds is 7. The minimum absolute atomic E-state index is 0.179. The number of ether oxygens (including phenoxy) is 2. The molecule has 5 nitrogen and oxygen atoms in total. The third-order valence-corrected chi connectivity index (χ3v) is 2.88. The monoisotopic (exact) mass is 232 g/mol. The van der Waals surface area contributed by atoms with Crippen LogP contribution in [0, 0.1) is 11.3 Å². The van der Waals surface area contributed by atoms with E-state index in [0.717, 1.165) is 0 Å². The number of hydrogen-bond acceptors (Lipinski definition) is 4. The van der Waals surface area contributed by atoms with Crippen molar-refractivity contribution in [2.45, 2.75) is 27.2 Å². The summed E-state index contributed by atoms with van der Waals surface area (Å²) >= 11 is 0. The highest BCUT2D eigenvalue weighted by Crippen LogP contribution is 2.31. The van der Waals surface area contributed by atoms with Gasteiger partial charge in [-0.25, -0.2) is 0 Å². The summed E-state index contributed by atoms with van der Waals surface area (Å²) in [5.74, 6) is -2.19. The average Bonchev–Trinajstić information content (AvgIpc) is 2.24.